The Morgan fingerprint density at radius 1 is 1.41 bits per heavy atom. The van der Waals surface area contributed by atoms with Crippen LogP contribution in [-0.2, 0) is 0 Å². The monoisotopic (exact) mass is 242 g/mol. The van der Waals surface area contributed by atoms with E-state index in [0.29, 0.717) is 24.0 Å². The highest BCUT2D eigenvalue weighted by atomic mass is 16.3. The Kier molecular flexibility index (Phi) is 5.90. The van der Waals surface area contributed by atoms with E-state index in [1.807, 2.05) is 0 Å². The van der Waals surface area contributed by atoms with E-state index in [-0.39, 0.29) is 0 Å². The van der Waals surface area contributed by atoms with Gasteiger partial charge in [0.25, 0.3) is 0 Å². The van der Waals surface area contributed by atoms with Crippen LogP contribution in [0.25, 0.3) is 0 Å². The SMILES string of the molecule is CCNCC(C)(CC)CN1CCC(C)C1CO. The van der Waals surface area contributed by atoms with E-state index >= 15 is 0 Å². The quantitative estimate of drug-likeness (QED) is 0.713. The topological polar surface area (TPSA) is 35.5 Å². The van der Waals surface area contributed by atoms with Crippen LogP contribution in [0.3, 0.4) is 0 Å². The molecule has 0 radical (unpaired) electrons. The van der Waals surface area contributed by atoms with Gasteiger partial charge in [0, 0.05) is 19.1 Å². The molecule has 3 unspecified atom stereocenters. The summed E-state index contributed by atoms with van der Waals surface area (Å²) in [7, 11) is 0. The van der Waals surface area contributed by atoms with Gasteiger partial charge in [-0.3, -0.25) is 4.90 Å². The zero-order valence-corrected chi connectivity index (χ0v) is 12.0. The summed E-state index contributed by atoms with van der Waals surface area (Å²) < 4.78 is 0. The first kappa shape index (κ1) is 14.9. The van der Waals surface area contributed by atoms with Crippen LogP contribution in [-0.4, -0.2) is 48.8 Å². The van der Waals surface area contributed by atoms with Crippen molar-refractivity contribution < 1.29 is 5.11 Å². The van der Waals surface area contributed by atoms with Crippen molar-refractivity contribution in [2.24, 2.45) is 11.3 Å². The fraction of sp³-hybridized carbons (Fsp3) is 1.00. The van der Waals surface area contributed by atoms with Crippen LogP contribution in [0.4, 0.5) is 0 Å². The first-order valence-electron chi connectivity index (χ1n) is 7.12. The summed E-state index contributed by atoms with van der Waals surface area (Å²) in [5.74, 6) is 0.639. The Morgan fingerprint density at radius 2 is 2.12 bits per heavy atom. The summed E-state index contributed by atoms with van der Waals surface area (Å²) in [6, 6.07) is 0.377. The van der Waals surface area contributed by atoms with Crippen molar-refractivity contribution in [3.63, 3.8) is 0 Å². The zero-order chi connectivity index (χ0) is 12.9. The predicted octanol–water partition coefficient (Wildman–Crippen LogP) is 1.71. The molecule has 1 aliphatic rings. The van der Waals surface area contributed by atoms with Gasteiger partial charge in [0.1, 0.15) is 0 Å². The summed E-state index contributed by atoms with van der Waals surface area (Å²) in [5.41, 5.74) is 0.327. The van der Waals surface area contributed by atoms with Gasteiger partial charge in [-0.15, -0.1) is 0 Å². The van der Waals surface area contributed by atoms with Crippen molar-refractivity contribution >= 4 is 0 Å². The number of rotatable bonds is 7. The minimum absolute atomic E-state index is 0.308. The van der Waals surface area contributed by atoms with Crippen LogP contribution in [0.1, 0.15) is 40.5 Å². The van der Waals surface area contributed by atoms with E-state index in [1.54, 1.807) is 0 Å². The van der Waals surface area contributed by atoms with Crippen molar-refractivity contribution in [2.45, 2.75) is 46.6 Å². The van der Waals surface area contributed by atoms with Crippen LogP contribution in [0.2, 0.25) is 0 Å². The van der Waals surface area contributed by atoms with E-state index in [4.69, 9.17) is 0 Å². The number of hydrogen-bond acceptors (Lipinski definition) is 3. The van der Waals surface area contributed by atoms with Gasteiger partial charge in [-0.2, -0.15) is 0 Å². The summed E-state index contributed by atoms with van der Waals surface area (Å²) in [5, 5.41) is 13.0. The van der Waals surface area contributed by atoms with E-state index in [2.05, 4.69) is 37.9 Å². The highest BCUT2D eigenvalue weighted by Crippen LogP contribution is 2.29. The molecule has 0 aromatic rings. The van der Waals surface area contributed by atoms with Gasteiger partial charge in [-0.05, 0) is 37.3 Å². The highest BCUT2D eigenvalue weighted by Gasteiger charge is 2.34. The Bertz CT molecular complexity index is 222. The average molecular weight is 242 g/mol. The Morgan fingerprint density at radius 3 is 2.65 bits per heavy atom. The number of likely N-dealkylation sites (tertiary alicyclic amines) is 1. The van der Waals surface area contributed by atoms with Crippen LogP contribution >= 0.6 is 0 Å². The Balaban J connectivity index is 2.55. The van der Waals surface area contributed by atoms with E-state index in [0.717, 1.165) is 26.2 Å². The summed E-state index contributed by atoms with van der Waals surface area (Å²) in [6.07, 6.45) is 2.41. The molecule has 3 atom stereocenters. The molecule has 1 heterocycles. The maximum absolute atomic E-state index is 9.50. The first-order valence-corrected chi connectivity index (χ1v) is 7.12. The Hall–Kier alpha value is -0.120. The van der Waals surface area contributed by atoms with Crippen LogP contribution < -0.4 is 5.32 Å². The van der Waals surface area contributed by atoms with Crippen LogP contribution in [0.5, 0.6) is 0 Å². The van der Waals surface area contributed by atoms with Gasteiger partial charge in [0.15, 0.2) is 0 Å². The Labute approximate surface area is 107 Å². The van der Waals surface area contributed by atoms with Gasteiger partial charge in [0.05, 0.1) is 6.61 Å². The zero-order valence-electron chi connectivity index (χ0n) is 12.0. The van der Waals surface area contributed by atoms with Crippen molar-refractivity contribution in [1.82, 2.24) is 10.2 Å². The molecule has 0 spiro atoms. The molecule has 0 aromatic carbocycles. The largest absolute Gasteiger partial charge is 0.395 e. The molecule has 0 saturated carbocycles. The number of aliphatic hydroxyl groups is 1. The lowest BCUT2D eigenvalue weighted by Gasteiger charge is -2.36. The molecule has 1 rings (SSSR count). The number of aliphatic hydroxyl groups excluding tert-OH is 1. The maximum Gasteiger partial charge on any atom is 0.0589 e. The van der Waals surface area contributed by atoms with Gasteiger partial charge in [0.2, 0.25) is 0 Å². The van der Waals surface area contributed by atoms with Crippen LogP contribution in [0.15, 0.2) is 0 Å². The molecule has 1 saturated heterocycles. The van der Waals surface area contributed by atoms with Gasteiger partial charge in [-0.1, -0.05) is 27.7 Å². The molecule has 0 bridgehead atoms. The minimum atomic E-state index is 0.308. The average Bonchev–Trinajstić information content (AvgIpc) is 2.67. The molecule has 1 aliphatic heterocycles. The normalized spacial score (nSPS) is 29.5. The standard InChI is InChI=1S/C14H30N2O/c1-5-14(4,10-15-6-2)11-16-8-7-12(3)13(16)9-17/h12-13,15,17H,5-11H2,1-4H3. The van der Waals surface area contributed by atoms with Gasteiger partial charge in [-0.25, -0.2) is 0 Å². The van der Waals surface area contributed by atoms with E-state index in [9.17, 15) is 5.11 Å². The number of nitrogens with one attached hydrogen (secondary N) is 1. The maximum atomic E-state index is 9.50. The lowest BCUT2D eigenvalue weighted by molar-refractivity contribution is 0.0936. The number of nitrogens with zero attached hydrogens (tertiary/aromatic N) is 1. The van der Waals surface area contributed by atoms with Crippen LogP contribution in [0, 0.1) is 11.3 Å². The minimum Gasteiger partial charge on any atom is -0.395 e. The molecule has 1 fully saturated rings. The third-order valence-electron chi connectivity index (χ3n) is 4.42. The molecule has 102 valence electrons. The molecule has 17 heavy (non-hydrogen) atoms. The van der Waals surface area contributed by atoms with Crippen molar-refractivity contribution in [3.8, 4) is 0 Å². The fourth-order valence-electron chi connectivity index (χ4n) is 2.79. The molecule has 0 amide bonds. The summed E-state index contributed by atoms with van der Waals surface area (Å²) >= 11 is 0. The summed E-state index contributed by atoms with van der Waals surface area (Å²) in [4.78, 5) is 2.49. The molecule has 3 heteroatoms. The van der Waals surface area contributed by atoms with Crippen molar-refractivity contribution in [3.05, 3.63) is 0 Å². The third-order valence-corrected chi connectivity index (χ3v) is 4.42. The molecule has 3 nitrogen and oxygen atoms in total. The first-order chi connectivity index (χ1) is 8.06. The highest BCUT2D eigenvalue weighted by molar-refractivity contribution is 4.89. The second-order valence-electron chi connectivity index (χ2n) is 5.93. The summed E-state index contributed by atoms with van der Waals surface area (Å²) in [6.45, 7) is 13.7. The second-order valence-corrected chi connectivity index (χ2v) is 5.93. The third kappa shape index (κ3) is 3.94. The molecule has 2 N–H and O–H groups in total. The second kappa shape index (κ2) is 6.72. The molecular formula is C14H30N2O. The van der Waals surface area contributed by atoms with Crippen molar-refractivity contribution in [2.75, 3.05) is 32.8 Å². The van der Waals surface area contributed by atoms with E-state index in [1.165, 1.54) is 12.8 Å². The lowest BCUT2D eigenvalue weighted by Crippen LogP contribution is -2.45. The van der Waals surface area contributed by atoms with Crippen molar-refractivity contribution in [1.29, 1.82) is 0 Å². The smallest absolute Gasteiger partial charge is 0.0589 e. The van der Waals surface area contributed by atoms with Gasteiger partial charge < -0.3 is 10.4 Å². The lowest BCUT2D eigenvalue weighted by atomic mass is 9.86. The molecule has 0 aliphatic carbocycles. The fourth-order valence-corrected chi connectivity index (χ4v) is 2.79. The van der Waals surface area contributed by atoms with E-state index < -0.39 is 0 Å². The van der Waals surface area contributed by atoms with Gasteiger partial charge >= 0.3 is 0 Å². The predicted molar refractivity (Wildman–Crippen MR) is 73.2 cm³/mol. The number of hydrogen-bond donors (Lipinski definition) is 2. The molecule has 0 aromatic heterocycles. The molecular weight excluding hydrogens is 212 g/mol.